The number of rotatable bonds is 13. The summed E-state index contributed by atoms with van der Waals surface area (Å²) in [7, 11) is 1.53. The molecule has 0 spiro atoms. The molecule has 0 bridgehead atoms. The van der Waals surface area contributed by atoms with Crippen LogP contribution in [0.25, 0.3) is 10.9 Å². The number of nitrogens with one attached hydrogen (secondary N) is 1. The Bertz CT molecular complexity index is 2010. The highest BCUT2D eigenvalue weighted by molar-refractivity contribution is 6.14. The molecule has 6 rings (SSSR count). The number of ketones is 1. The summed E-state index contributed by atoms with van der Waals surface area (Å²) in [6.45, 7) is 11.4. The van der Waals surface area contributed by atoms with E-state index in [1.54, 1.807) is 29.3 Å². The van der Waals surface area contributed by atoms with Crippen molar-refractivity contribution in [2.75, 3.05) is 51.8 Å². The number of carbonyl (C=O) groups excluding carboxylic acids is 3. The normalized spacial score (nSPS) is 18.6. The second-order valence-electron chi connectivity index (χ2n) is 14.8. The van der Waals surface area contributed by atoms with E-state index < -0.39 is 28.6 Å². The molecule has 4 aromatic rings. The minimum atomic E-state index is -1.22. The molecule has 13 heteroatoms. The lowest BCUT2D eigenvalue weighted by atomic mass is 9.92. The minimum Gasteiger partial charge on any atom is -0.493 e. The fraction of sp³-hybridized carbons (Fsp3) is 0.415. The lowest BCUT2D eigenvalue weighted by Crippen LogP contribution is -2.50. The summed E-state index contributed by atoms with van der Waals surface area (Å²) in [4.78, 5) is 47.4. The number of carbonyl (C=O) groups is 3. The Hall–Kier alpha value is -5.30. The molecule has 0 radical (unpaired) electrons. The summed E-state index contributed by atoms with van der Waals surface area (Å²) >= 11 is 0. The summed E-state index contributed by atoms with van der Waals surface area (Å²) in [5.74, 6) is -0.837. The van der Waals surface area contributed by atoms with Gasteiger partial charge in [0, 0.05) is 68.5 Å². The third-order valence-electron chi connectivity index (χ3n) is 9.79. The van der Waals surface area contributed by atoms with Crippen LogP contribution in [0.5, 0.6) is 23.0 Å². The van der Waals surface area contributed by atoms with Crippen LogP contribution in [-0.4, -0.2) is 84.6 Å². The number of fused-ring (bicyclic) bond motifs is 1. The Kier molecular flexibility index (Phi) is 11.4. The average Bonchev–Trinajstić information content (AvgIpc) is 3.83. The van der Waals surface area contributed by atoms with Gasteiger partial charge >= 0.3 is 6.09 Å². The molecule has 1 saturated heterocycles. The first kappa shape index (κ1) is 38.4. The molecule has 286 valence electrons. The Morgan fingerprint density at radius 1 is 0.926 bits per heavy atom. The average molecular weight is 745 g/mol. The van der Waals surface area contributed by atoms with E-state index >= 15 is 4.39 Å². The van der Waals surface area contributed by atoms with Gasteiger partial charge in [-0.25, -0.2) is 13.6 Å². The molecule has 54 heavy (non-hydrogen) atoms. The maximum Gasteiger partial charge on any atom is 0.410 e. The third-order valence-corrected chi connectivity index (χ3v) is 9.79. The van der Waals surface area contributed by atoms with Crippen molar-refractivity contribution < 1.29 is 42.1 Å². The number of methoxy groups -OCH3 is 1. The van der Waals surface area contributed by atoms with Crippen LogP contribution in [0.3, 0.4) is 0 Å². The number of halogens is 2. The summed E-state index contributed by atoms with van der Waals surface area (Å²) in [5, 5.41) is 3.28. The number of nitrogens with zero attached hydrogens (tertiary/aromatic N) is 3. The topological polar surface area (TPSA) is 120 Å². The van der Waals surface area contributed by atoms with Gasteiger partial charge in [0.1, 0.15) is 22.6 Å². The predicted molar refractivity (Wildman–Crippen MR) is 199 cm³/mol. The third kappa shape index (κ3) is 8.90. The maximum atomic E-state index is 15.4. The lowest BCUT2D eigenvalue weighted by molar-refractivity contribution is -0.133. The van der Waals surface area contributed by atoms with Crippen LogP contribution in [0.15, 0.2) is 66.9 Å². The molecule has 0 unspecified atom stereocenters. The number of amides is 2. The van der Waals surface area contributed by atoms with Gasteiger partial charge in [0.25, 0.3) is 0 Å². The van der Waals surface area contributed by atoms with E-state index in [-0.39, 0.29) is 35.7 Å². The number of aromatic nitrogens is 1. The zero-order chi connectivity index (χ0) is 38.6. The Morgan fingerprint density at radius 3 is 2.30 bits per heavy atom. The van der Waals surface area contributed by atoms with Gasteiger partial charge in [-0.05, 0) is 81.5 Å². The van der Waals surface area contributed by atoms with Gasteiger partial charge in [-0.2, -0.15) is 0 Å². The van der Waals surface area contributed by atoms with Crippen molar-refractivity contribution in [1.29, 1.82) is 0 Å². The van der Waals surface area contributed by atoms with Crippen LogP contribution in [0.1, 0.15) is 46.1 Å². The lowest BCUT2D eigenvalue weighted by Gasteiger charge is -2.35. The van der Waals surface area contributed by atoms with Crippen LogP contribution in [0.2, 0.25) is 0 Å². The van der Waals surface area contributed by atoms with Crippen molar-refractivity contribution in [2.24, 2.45) is 11.3 Å². The molecule has 1 N–H and O–H groups in total. The number of hydrogen-bond acceptors (Lipinski definition) is 9. The van der Waals surface area contributed by atoms with Crippen molar-refractivity contribution in [2.45, 2.75) is 52.6 Å². The fourth-order valence-electron chi connectivity index (χ4n) is 6.66. The Morgan fingerprint density at radius 2 is 1.65 bits per heavy atom. The van der Waals surface area contributed by atoms with Gasteiger partial charge in [-0.3, -0.25) is 19.5 Å². The number of benzene rings is 3. The van der Waals surface area contributed by atoms with E-state index in [4.69, 9.17) is 18.9 Å². The van der Waals surface area contributed by atoms with E-state index in [1.165, 1.54) is 43.5 Å². The summed E-state index contributed by atoms with van der Waals surface area (Å²) in [5.41, 5.74) is -0.391. The smallest absolute Gasteiger partial charge is 0.410 e. The predicted octanol–water partition coefficient (Wildman–Crippen LogP) is 7.41. The standard InChI is InChI=1S/C41H46F2N4O7/c1-26-25-41(26,37(48)21-27-7-9-28(42)10-8-27)38(49)45-29-11-12-34(31(43)22-29)53-33-13-14-44-32-24-36(35(51-5)23-30(32)33)52-20-6-15-46-16-18-47(19-17-46)39(50)54-40(2,3)4/h7-14,22-24,26H,6,15-21,25H2,1-5H3,(H,45,49)/t26-,41-/m1/s1. The first-order chi connectivity index (χ1) is 25.8. The summed E-state index contributed by atoms with van der Waals surface area (Å²) in [6, 6.07) is 14.8. The molecule has 2 heterocycles. The summed E-state index contributed by atoms with van der Waals surface area (Å²) < 4.78 is 52.0. The van der Waals surface area contributed by atoms with E-state index in [1.807, 2.05) is 27.7 Å². The summed E-state index contributed by atoms with van der Waals surface area (Å²) in [6.07, 6.45) is 2.40. The number of ether oxygens (including phenoxy) is 4. The van der Waals surface area contributed by atoms with Gasteiger partial charge in [-0.15, -0.1) is 0 Å². The highest BCUT2D eigenvalue weighted by atomic mass is 19.1. The van der Waals surface area contributed by atoms with E-state index in [0.29, 0.717) is 59.8 Å². The quantitative estimate of drug-likeness (QED) is 0.110. The molecule has 2 aliphatic rings. The number of pyridine rings is 1. The van der Waals surface area contributed by atoms with Crippen molar-refractivity contribution >= 4 is 34.4 Å². The van der Waals surface area contributed by atoms with Crippen molar-refractivity contribution in [3.8, 4) is 23.0 Å². The van der Waals surface area contributed by atoms with Crippen LogP contribution >= 0.6 is 0 Å². The highest BCUT2D eigenvalue weighted by Gasteiger charge is 2.62. The molecule has 2 amide bonds. The second kappa shape index (κ2) is 16.0. The fourth-order valence-corrected chi connectivity index (χ4v) is 6.66. The minimum absolute atomic E-state index is 0.00479. The van der Waals surface area contributed by atoms with Crippen LogP contribution < -0.4 is 19.5 Å². The Labute approximate surface area is 313 Å². The van der Waals surface area contributed by atoms with E-state index in [9.17, 15) is 18.8 Å². The monoisotopic (exact) mass is 744 g/mol. The largest absolute Gasteiger partial charge is 0.493 e. The maximum absolute atomic E-state index is 15.4. The number of piperazine rings is 1. The molecule has 1 aromatic heterocycles. The first-order valence-corrected chi connectivity index (χ1v) is 18.1. The van der Waals surface area contributed by atoms with Gasteiger partial charge in [0.15, 0.2) is 28.8 Å². The van der Waals surface area contributed by atoms with Crippen LogP contribution in [0, 0.1) is 23.0 Å². The molecular weight excluding hydrogens is 698 g/mol. The van der Waals surface area contributed by atoms with Crippen molar-refractivity contribution in [3.63, 3.8) is 0 Å². The molecule has 3 aromatic carbocycles. The van der Waals surface area contributed by atoms with Crippen molar-refractivity contribution in [3.05, 3.63) is 84.1 Å². The first-order valence-electron chi connectivity index (χ1n) is 18.1. The highest BCUT2D eigenvalue weighted by Crippen LogP contribution is 2.54. The van der Waals surface area contributed by atoms with Crippen molar-refractivity contribution in [1.82, 2.24) is 14.8 Å². The zero-order valence-corrected chi connectivity index (χ0v) is 31.2. The van der Waals surface area contributed by atoms with E-state index in [2.05, 4.69) is 15.2 Å². The molecular formula is C41H46F2N4O7. The van der Waals surface area contributed by atoms with Gasteiger partial charge < -0.3 is 29.2 Å². The SMILES string of the molecule is COc1cc2c(Oc3ccc(NC(=O)[C@]4(C(=O)Cc5ccc(F)cc5)C[C@H]4C)cc3F)ccnc2cc1OCCCN1CCN(C(=O)OC(C)(C)C)CC1. The Balaban J connectivity index is 1.04. The number of Topliss-reactive ketones (excluding diaryl/α,β-unsaturated/α-hetero) is 1. The molecule has 2 atom stereocenters. The second-order valence-corrected chi connectivity index (χ2v) is 14.8. The van der Waals surface area contributed by atoms with Gasteiger partial charge in [0.05, 0.1) is 19.2 Å². The zero-order valence-electron chi connectivity index (χ0n) is 31.2. The van der Waals surface area contributed by atoms with E-state index in [0.717, 1.165) is 32.1 Å². The number of anilines is 1. The molecule has 1 aliphatic carbocycles. The molecule has 1 aliphatic heterocycles. The number of hydrogen-bond donors (Lipinski definition) is 1. The van der Waals surface area contributed by atoms with Gasteiger partial charge in [-0.1, -0.05) is 19.1 Å². The van der Waals surface area contributed by atoms with Crippen LogP contribution in [0.4, 0.5) is 19.3 Å². The van der Waals surface area contributed by atoms with Crippen LogP contribution in [-0.2, 0) is 20.7 Å². The molecule has 11 nitrogen and oxygen atoms in total. The molecule has 2 fully saturated rings. The van der Waals surface area contributed by atoms with Gasteiger partial charge in [0.2, 0.25) is 5.91 Å². The molecule has 1 saturated carbocycles.